The van der Waals surface area contributed by atoms with E-state index in [1.54, 1.807) is 0 Å². The molecule has 0 bridgehead atoms. The van der Waals surface area contributed by atoms with E-state index in [-0.39, 0.29) is 0 Å². The summed E-state index contributed by atoms with van der Waals surface area (Å²) in [4.78, 5) is 0. The lowest BCUT2D eigenvalue weighted by Gasteiger charge is -2.06. The fourth-order valence-corrected chi connectivity index (χ4v) is 1.09. The van der Waals surface area contributed by atoms with E-state index in [0.29, 0.717) is 0 Å². The fourth-order valence-electron chi connectivity index (χ4n) is 1.09. The summed E-state index contributed by atoms with van der Waals surface area (Å²) in [5, 5.41) is 0. The van der Waals surface area contributed by atoms with Crippen molar-refractivity contribution in [2.45, 2.75) is 39.5 Å². The zero-order valence-corrected chi connectivity index (χ0v) is 7.84. The largest absolute Gasteiger partial charge is 0.330 e. The van der Waals surface area contributed by atoms with Crippen molar-refractivity contribution in [3.8, 4) is 0 Å². The van der Waals surface area contributed by atoms with Crippen LogP contribution in [0.1, 0.15) is 39.5 Å². The molecule has 0 heterocycles. The molecule has 66 valence electrons. The normalized spacial score (nSPS) is 14.1. The SMILES string of the molecule is CC/C=C/CCC(C)CCN. The molecule has 0 aromatic rings. The van der Waals surface area contributed by atoms with Crippen molar-refractivity contribution >= 4 is 0 Å². The van der Waals surface area contributed by atoms with Gasteiger partial charge in [0.1, 0.15) is 0 Å². The second-order valence-electron chi connectivity index (χ2n) is 3.14. The Hall–Kier alpha value is -0.300. The van der Waals surface area contributed by atoms with Gasteiger partial charge >= 0.3 is 0 Å². The summed E-state index contributed by atoms with van der Waals surface area (Å²) in [5.74, 6) is 0.793. The summed E-state index contributed by atoms with van der Waals surface area (Å²) in [6.07, 6.45) is 9.33. The Morgan fingerprint density at radius 2 is 2.00 bits per heavy atom. The Morgan fingerprint density at radius 1 is 1.27 bits per heavy atom. The Kier molecular flexibility index (Phi) is 7.59. The van der Waals surface area contributed by atoms with Crippen molar-refractivity contribution in [1.29, 1.82) is 0 Å². The van der Waals surface area contributed by atoms with E-state index in [0.717, 1.165) is 18.9 Å². The summed E-state index contributed by atoms with van der Waals surface area (Å²) in [7, 11) is 0. The second kappa shape index (κ2) is 7.80. The minimum Gasteiger partial charge on any atom is -0.330 e. The molecule has 0 aliphatic heterocycles. The lowest BCUT2D eigenvalue weighted by Crippen LogP contribution is -2.05. The van der Waals surface area contributed by atoms with Gasteiger partial charge in [-0.1, -0.05) is 26.0 Å². The van der Waals surface area contributed by atoms with Crippen molar-refractivity contribution in [3.63, 3.8) is 0 Å². The molecule has 1 atom stereocenters. The van der Waals surface area contributed by atoms with Gasteiger partial charge in [-0.3, -0.25) is 0 Å². The van der Waals surface area contributed by atoms with Gasteiger partial charge in [-0.05, 0) is 38.1 Å². The number of nitrogens with two attached hydrogens (primary N) is 1. The molecule has 0 saturated carbocycles. The lowest BCUT2D eigenvalue weighted by atomic mass is 10.0. The average molecular weight is 155 g/mol. The predicted molar refractivity (Wildman–Crippen MR) is 51.5 cm³/mol. The first kappa shape index (κ1) is 10.7. The van der Waals surface area contributed by atoms with Crippen molar-refractivity contribution in [3.05, 3.63) is 12.2 Å². The van der Waals surface area contributed by atoms with Gasteiger partial charge in [-0.15, -0.1) is 0 Å². The molecular formula is C10H21N. The highest BCUT2D eigenvalue weighted by Crippen LogP contribution is 2.09. The van der Waals surface area contributed by atoms with Crippen LogP contribution in [0.3, 0.4) is 0 Å². The van der Waals surface area contributed by atoms with E-state index in [2.05, 4.69) is 26.0 Å². The molecule has 0 rings (SSSR count). The highest BCUT2D eigenvalue weighted by molar-refractivity contribution is 4.80. The first-order chi connectivity index (χ1) is 5.31. The molecule has 0 spiro atoms. The monoisotopic (exact) mass is 155 g/mol. The van der Waals surface area contributed by atoms with Crippen LogP contribution in [0.4, 0.5) is 0 Å². The molecule has 1 heteroatoms. The first-order valence-electron chi connectivity index (χ1n) is 4.66. The highest BCUT2D eigenvalue weighted by Gasteiger charge is 1.97. The van der Waals surface area contributed by atoms with Crippen molar-refractivity contribution in [2.24, 2.45) is 11.7 Å². The Morgan fingerprint density at radius 3 is 2.55 bits per heavy atom. The molecule has 0 aliphatic rings. The average Bonchev–Trinajstić information content (AvgIpc) is 1.99. The first-order valence-corrected chi connectivity index (χ1v) is 4.66. The zero-order valence-electron chi connectivity index (χ0n) is 7.84. The van der Waals surface area contributed by atoms with Gasteiger partial charge in [0.2, 0.25) is 0 Å². The third-order valence-corrected chi connectivity index (χ3v) is 1.89. The summed E-state index contributed by atoms with van der Waals surface area (Å²) in [6, 6.07) is 0. The van der Waals surface area contributed by atoms with E-state index < -0.39 is 0 Å². The van der Waals surface area contributed by atoms with Crippen LogP contribution < -0.4 is 5.73 Å². The molecule has 0 aromatic heterocycles. The van der Waals surface area contributed by atoms with Crippen LogP contribution in [-0.4, -0.2) is 6.54 Å². The molecule has 0 saturated heterocycles. The summed E-state index contributed by atoms with van der Waals surface area (Å²) in [5.41, 5.74) is 5.44. The van der Waals surface area contributed by atoms with Gasteiger partial charge in [0.25, 0.3) is 0 Å². The molecule has 0 aliphatic carbocycles. The van der Waals surface area contributed by atoms with Gasteiger partial charge in [0.05, 0.1) is 0 Å². The van der Waals surface area contributed by atoms with Gasteiger partial charge in [-0.25, -0.2) is 0 Å². The highest BCUT2D eigenvalue weighted by atomic mass is 14.5. The zero-order chi connectivity index (χ0) is 8.53. The van der Waals surface area contributed by atoms with Crippen LogP contribution in [0.25, 0.3) is 0 Å². The fraction of sp³-hybridized carbons (Fsp3) is 0.800. The topological polar surface area (TPSA) is 26.0 Å². The third kappa shape index (κ3) is 7.60. The van der Waals surface area contributed by atoms with Crippen LogP contribution in [0, 0.1) is 5.92 Å². The van der Waals surface area contributed by atoms with E-state index in [9.17, 15) is 0 Å². The Labute approximate surface area is 70.7 Å². The quantitative estimate of drug-likeness (QED) is 0.586. The van der Waals surface area contributed by atoms with Crippen LogP contribution in [0.5, 0.6) is 0 Å². The molecule has 1 nitrogen and oxygen atoms in total. The molecule has 0 amide bonds. The van der Waals surface area contributed by atoms with E-state index in [4.69, 9.17) is 5.73 Å². The van der Waals surface area contributed by atoms with Crippen molar-refractivity contribution in [2.75, 3.05) is 6.54 Å². The Balaban J connectivity index is 3.16. The lowest BCUT2D eigenvalue weighted by molar-refractivity contribution is 0.504. The predicted octanol–water partition coefficient (Wildman–Crippen LogP) is 2.72. The van der Waals surface area contributed by atoms with Crippen molar-refractivity contribution in [1.82, 2.24) is 0 Å². The standard InChI is InChI=1S/C10H21N/c1-3-4-5-6-7-10(2)8-9-11/h4-5,10H,3,6-9,11H2,1-2H3/b5-4+. The van der Waals surface area contributed by atoms with Crippen LogP contribution in [-0.2, 0) is 0 Å². The maximum Gasteiger partial charge on any atom is -0.00747 e. The van der Waals surface area contributed by atoms with Gasteiger partial charge in [0.15, 0.2) is 0 Å². The van der Waals surface area contributed by atoms with Crippen LogP contribution in [0.2, 0.25) is 0 Å². The Bertz CT molecular complexity index is 97.0. The van der Waals surface area contributed by atoms with Gasteiger partial charge < -0.3 is 5.73 Å². The summed E-state index contributed by atoms with van der Waals surface area (Å²) >= 11 is 0. The molecule has 0 fully saturated rings. The molecule has 2 N–H and O–H groups in total. The number of hydrogen-bond acceptors (Lipinski definition) is 1. The maximum atomic E-state index is 5.44. The maximum absolute atomic E-state index is 5.44. The van der Waals surface area contributed by atoms with Gasteiger partial charge in [0, 0.05) is 0 Å². The number of rotatable bonds is 6. The van der Waals surface area contributed by atoms with Gasteiger partial charge in [-0.2, -0.15) is 0 Å². The van der Waals surface area contributed by atoms with E-state index in [1.807, 2.05) is 0 Å². The molecule has 11 heavy (non-hydrogen) atoms. The smallest absolute Gasteiger partial charge is 0.00747 e. The minimum absolute atomic E-state index is 0.793. The minimum atomic E-state index is 0.793. The summed E-state index contributed by atoms with van der Waals surface area (Å²) < 4.78 is 0. The molecule has 0 aromatic carbocycles. The molecule has 1 unspecified atom stereocenters. The van der Waals surface area contributed by atoms with Crippen LogP contribution in [0.15, 0.2) is 12.2 Å². The summed E-state index contributed by atoms with van der Waals surface area (Å²) in [6.45, 7) is 5.27. The van der Waals surface area contributed by atoms with Crippen LogP contribution >= 0.6 is 0 Å². The van der Waals surface area contributed by atoms with E-state index in [1.165, 1.54) is 19.3 Å². The second-order valence-corrected chi connectivity index (χ2v) is 3.14. The third-order valence-electron chi connectivity index (χ3n) is 1.89. The molecular weight excluding hydrogens is 134 g/mol. The van der Waals surface area contributed by atoms with Crippen molar-refractivity contribution < 1.29 is 0 Å². The van der Waals surface area contributed by atoms with E-state index >= 15 is 0 Å². The molecule has 0 radical (unpaired) electrons. The number of allylic oxidation sites excluding steroid dienone is 2. The number of hydrogen-bond donors (Lipinski definition) is 1.